The third-order valence-corrected chi connectivity index (χ3v) is 3.95. The lowest BCUT2D eigenvalue weighted by Crippen LogP contribution is -2.59. The van der Waals surface area contributed by atoms with Gasteiger partial charge in [0.25, 0.3) is 5.91 Å². The lowest BCUT2D eigenvalue weighted by molar-refractivity contribution is -0.148. The molecule has 0 bridgehead atoms. The van der Waals surface area contributed by atoms with Crippen LogP contribution in [0.3, 0.4) is 0 Å². The minimum absolute atomic E-state index is 0.322. The highest BCUT2D eigenvalue weighted by atomic mass is 16.5. The van der Waals surface area contributed by atoms with Crippen LogP contribution in [0, 0.1) is 0 Å². The van der Waals surface area contributed by atoms with E-state index < -0.39 is 11.5 Å². The predicted molar refractivity (Wildman–Crippen MR) is 66.6 cm³/mol. The van der Waals surface area contributed by atoms with Gasteiger partial charge in [-0.05, 0) is 42.5 Å². The summed E-state index contributed by atoms with van der Waals surface area (Å²) in [6.45, 7) is 1.09. The third-order valence-electron chi connectivity index (χ3n) is 3.95. The van der Waals surface area contributed by atoms with E-state index in [2.05, 4.69) is 5.32 Å². The molecule has 1 aliphatic carbocycles. The zero-order chi connectivity index (χ0) is 13.5. The van der Waals surface area contributed by atoms with E-state index in [9.17, 15) is 14.7 Å². The number of hydrogen-bond donors (Lipinski definition) is 2. The van der Waals surface area contributed by atoms with Gasteiger partial charge in [0.05, 0.1) is 13.2 Å². The molecular formula is C14H15NO4. The summed E-state index contributed by atoms with van der Waals surface area (Å²) in [6, 6.07) is 5.37. The number of carbonyl (C=O) groups is 2. The number of benzene rings is 1. The third kappa shape index (κ3) is 2.00. The Balaban J connectivity index is 1.79. The van der Waals surface area contributed by atoms with Crippen LogP contribution in [0.5, 0.6) is 0 Å². The number of fused-ring (bicyclic) bond motifs is 1. The van der Waals surface area contributed by atoms with E-state index in [1.165, 1.54) is 0 Å². The summed E-state index contributed by atoms with van der Waals surface area (Å²) < 4.78 is 5.30. The number of rotatable bonds is 3. The summed E-state index contributed by atoms with van der Waals surface area (Å²) in [7, 11) is 0. The molecule has 2 N–H and O–H groups in total. The molecule has 0 atom stereocenters. The normalized spacial score (nSPS) is 19.4. The average molecular weight is 261 g/mol. The first-order valence-electron chi connectivity index (χ1n) is 6.36. The molecule has 0 saturated heterocycles. The van der Waals surface area contributed by atoms with Crippen LogP contribution in [-0.4, -0.2) is 22.5 Å². The molecule has 1 fully saturated rings. The van der Waals surface area contributed by atoms with Gasteiger partial charge in [0.1, 0.15) is 5.54 Å². The Kier molecular flexibility index (Phi) is 2.78. The Morgan fingerprint density at radius 1 is 1.21 bits per heavy atom. The number of hydrogen-bond acceptors (Lipinski definition) is 3. The van der Waals surface area contributed by atoms with Crippen molar-refractivity contribution >= 4 is 11.9 Å². The van der Waals surface area contributed by atoms with Crippen LogP contribution in [-0.2, 0) is 22.7 Å². The van der Waals surface area contributed by atoms with Crippen LogP contribution in [0.15, 0.2) is 18.2 Å². The van der Waals surface area contributed by atoms with Crippen LogP contribution in [0.2, 0.25) is 0 Å². The number of carboxylic acids is 1. The molecule has 19 heavy (non-hydrogen) atoms. The molecule has 2 aliphatic rings. The van der Waals surface area contributed by atoms with Crippen LogP contribution >= 0.6 is 0 Å². The number of ether oxygens (including phenoxy) is 1. The van der Waals surface area contributed by atoms with E-state index in [1.807, 2.05) is 6.07 Å². The first-order chi connectivity index (χ1) is 9.11. The summed E-state index contributed by atoms with van der Waals surface area (Å²) >= 11 is 0. The number of carboxylic acid groups (broad SMARTS) is 1. The van der Waals surface area contributed by atoms with Gasteiger partial charge in [0.15, 0.2) is 0 Å². The van der Waals surface area contributed by atoms with Crippen molar-refractivity contribution < 1.29 is 19.4 Å². The zero-order valence-corrected chi connectivity index (χ0v) is 10.4. The fourth-order valence-corrected chi connectivity index (χ4v) is 2.53. The molecule has 5 nitrogen and oxygen atoms in total. The molecule has 0 radical (unpaired) electrons. The molecule has 1 aliphatic heterocycles. The zero-order valence-electron chi connectivity index (χ0n) is 10.4. The van der Waals surface area contributed by atoms with Crippen molar-refractivity contribution in [3.63, 3.8) is 0 Å². The Labute approximate surface area is 110 Å². The van der Waals surface area contributed by atoms with Crippen molar-refractivity contribution in [3.8, 4) is 0 Å². The summed E-state index contributed by atoms with van der Waals surface area (Å²) in [5.74, 6) is -1.27. The van der Waals surface area contributed by atoms with Gasteiger partial charge in [-0.3, -0.25) is 4.79 Å². The smallest absolute Gasteiger partial charge is 0.329 e. The fourth-order valence-electron chi connectivity index (χ4n) is 2.53. The van der Waals surface area contributed by atoms with Crippen LogP contribution in [0.25, 0.3) is 0 Å². The maximum absolute atomic E-state index is 12.1. The predicted octanol–water partition coefficient (Wildman–Crippen LogP) is 1.45. The number of aliphatic carboxylic acids is 1. The minimum atomic E-state index is -1.06. The minimum Gasteiger partial charge on any atom is -0.480 e. The van der Waals surface area contributed by atoms with Crippen molar-refractivity contribution in [1.82, 2.24) is 5.32 Å². The largest absolute Gasteiger partial charge is 0.480 e. The quantitative estimate of drug-likeness (QED) is 0.863. The molecular weight excluding hydrogens is 246 g/mol. The molecule has 1 aromatic rings. The van der Waals surface area contributed by atoms with Gasteiger partial charge in [-0.15, -0.1) is 0 Å². The van der Waals surface area contributed by atoms with Crippen LogP contribution in [0.4, 0.5) is 0 Å². The maximum atomic E-state index is 12.1. The standard InChI is InChI=1S/C14H15NO4/c16-12(15-14(13(17)18)4-1-5-14)9-2-3-10-7-19-8-11(10)6-9/h2-3,6H,1,4-5,7-8H2,(H,15,16)(H,17,18). The summed E-state index contributed by atoms with van der Waals surface area (Å²) in [4.78, 5) is 23.4. The summed E-state index contributed by atoms with van der Waals surface area (Å²) in [5, 5.41) is 11.9. The van der Waals surface area contributed by atoms with E-state index in [0.29, 0.717) is 31.6 Å². The molecule has 1 saturated carbocycles. The highest BCUT2D eigenvalue weighted by Gasteiger charge is 2.45. The molecule has 5 heteroatoms. The second-order valence-electron chi connectivity index (χ2n) is 5.17. The molecule has 0 spiro atoms. The molecule has 1 aromatic carbocycles. The molecule has 1 amide bonds. The van der Waals surface area contributed by atoms with Gasteiger partial charge in [0.2, 0.25) is 0 Å². The Hall–Kier alpha value is -1.88. The average Bonchev–Trinajstić information content (AvgIpc) is 2.79. The lowest BCUT2D eigenvalue weighted by atomic mass is 9.76. The van der Waals surface area contributed by atoms with Crippen molar-refractivity contribution in [2.24, 2.45) is 0 Å². The van der Waals surface area contributed by atoms with Gasteiger partial charge in [-0.1, -0.05) is 6.07 Å². The summed E-state index contributed by atoms with van der Waals surface area (Å²) in [6.07, 6.45) is 1.84. The molecule has 0 aromatic heterocycles. The van der Waals surface area contributed by atoms with Gasteiger partial charge in [-0.25, -0.2) is 4.79 Å². The van der Waals surface area contributed by atoms with E-state index in [0.717, 1.165) is 17.5 Å². The first-order valence-corrected chi connectivity index (χ1v) is 6.36. The number of nitrogens with one attached hydrogen (secondary N) is 1. The van der Waals surface area contributed by atoms with Crippen molar-refractivity contribution in [2.75, 3.05) is 0 Å². The second-order valence-corrected chi connectivity index (χ2v) is 5.17. The number of carbonyl (C=O) groups excluding carboxylic acids is 1. The highest BCUT2D eigenvalue weighted by Crippen LogP contribution is 2.32. The molecule has 100 valence electrons. The lowest BCUT2D eigenvalue weighted by Gasteiger charge is -2.38. The van der Waals surface area contributed by atoms with Gasteiger partial charge < -0.3 is 15.2 Å². The van der Waals surface area contributed by atoms with E-state index in [1.54, 1.807) is 12.1 Å². The van der Waals surface area contributed by atoms with E-state index in [-0.39, 0.29) is 5.91 Å². The molecule has 1 heterocycles. The van der Waals surface area contributed by atoms with Crippen molar-refractivity contribution in [3.05, 3.63) is 34.9 Å². The number of amides is 1. The van der Waals surface area contributed by atoms with Gasteiger partial charge in [-0.2, -0.15) is 0 Å². The molecule has 0 unspecified atom stereocenters. The monoisotopic (exact) mass is 261 g/mol. The van der Waals surface area contributed by atoms with Crippen LogP contribution < -0.4 is 5.32 Å². The molecule has 3 rings (SSSR count). The van der Waals surface area contributed by atoms with Gasteiger partial charge in [0, 0.05) is 5.56 Å². The fraction of sp³-hybridized carbons (Fsp3) is 0.429. The Morgan fingerprint density at radius 2 is 1.95 bits per heavy atom. The second kappa shape index (κ2) is 4.35. The van der Waals surface area contributed by atoms with E-state index in [4.69, 9.17) is 4.74 Å². The van der Waals surface area contributed by atoms with Crippen LogP contribution in [0.1, 0.15) is 40.7 Å². The Bertz CT molecular complexity index is 548. The van der Waals surface area contributed by atoms with Crippen molar-refractivity contribution in [2.45, 2.75) is 38.0 Å². The maximum Gasteiger partial charge on any atom is 0.329 e. The Morgan fingerprint density at radius 3 is 2.58 bits per heavy atom. The first kappa shape index (κ1) is 12.2. The summed E-state index contributed by atoms with van der Waals surface area (Å²) in [5.41, 5.74) is 1.53. The van der Waals surface area contributed by atoms with Gasteiger partial charge >= 0.3 is 5.97 Å². The highest BCUT2D eigenvalue weighted by molar-refractivity contribution is 5.98. The topological polar surface area (TPSA) is 75.6 Å². The van der Waals surface area contributed by atoms with E-state index >= 15 is 0 Å². The SMILES string of the molecule is O=C(NC1(C(=O)O)CCC1)c1ccc2c(c1)COC2. The van der Waals surface area contributed by atoms with Crippen molar-refractivity contribution in [1.29, 1.82) is 0 Å².